The lowest BCUT2D eigenvalue weighted by Crippen LogP contribution is -2.31. The van der Waals surface area contributed by atoms with Crippen molar-refractivity contribution in [2.75, 3.05) is 18.8 Å². The number of nitrogens with one attached hydrogen (secondary N) is 1. The lowest BCUT2D eigenvalue weighted by atomic mass is 10.1. The number of aryl methyl sites for hydroxylation is 1. The van der Waals surface area contributed by atoms with Crippen LogP contribution in [-0.2, 0) is 4.79 Å². The Balaban J connectivity index is 1.97. The number of carbonyl (C=O) groups is 1. The number of H-pyrrole nitrogens is 1. The summed E-state index contributed by atoms with van der Waals surface area (Å²) in [5.74, 6) is 1.21. The highest BCUT2D eigenvalue weighted by Crippen LogP contribution is 2.19. The molecule has 1 aromatic heterocycles. The molecule has 1 heterocycles. The maximum Gasteiger partial charge on any atom is 0.233 e. The van der Waals surface area contributed by atoms with Gasteiger partial charge in [-0.05, 0) is 20.8 Å². The second kappa shape index (κ2) is 7.26. The van der Waals surface area contributed by atoms with Gasteiger partial charge in [-0.25, -0.2) is 4.98 Å². The number of nitrogens with zero attached hydrogens (tertiary/aromatic N) is 3. The summed E-state index contributed by atoms with van der Waals surface area (Å²) in [5.41, 5.74) is 2.20. The molecule has 0 spiro atoms. The zero-order valence-corrected chi connectivity index (χ0v) is 13.4. The summed E-state index contributed by atoms with van der Waals surface area (Å²) in [6, 6.07) is 8.08. The minimum atomic E-state index is 0.117. The third kappa shape index (κ3) is 4.07. The molecule has 5 nitrogen and oxygen atoms in total. The highest BCUT2D eigenvalue weighted by atomic mass is 32.2. The van der Waals surface area contributed by atoms with Crippen LogP contribution < -0.4 is 0 Å². The molecule has 112 valence electrons. The van der Waals surface area contributed by atoms with Crippen LogP contribution in [-0.4, -0.2) is 44.8 Å². The van der Waals surface area contributed by atoms with Crippen molar-refractivity contribution < 1.29 is 4.79 Å². The third-order valence-electron chi connectivity index (χ3n) is 3.23. The Kier molecular flexibility index (Phi) is 5.38. The van der Waals surface area contributed by atoms with E-state index in [4.69, 9.17) is 0 Å². The highest BCUT2D eigenvalue weighted by Gasteiger charge is 2.12. The fraction of sp³-hybridized carbons (Fsp3) is 0.400. The molecule has 2 rings (SSSR count). The van der Waals surface area contributed by atoms with E-state index in [1.54, 1.807) is 4.90 Å². The van der Waals surface area contributed by atoms with Gasteiger partial charge in [0.25, 0.3) is 0 Å². The first-order valence-electron chi connectivity index (χ1n) is 7.04. The van der Waals surface area contributed by atoms with Crippen molar-refractivity contribution >= 4 is 17.7 Å². The van der Waals surface area contributed by atoms with E-state index in [0.717, 1.165) is 24.5 Å². The monoisotopic (exact) mass is 304 g/mol. The average Bonchev–Trinajstić information content (AvgIpc) is 2.96. The van der Waals surface area contributed by atoms with Crippen LogP contribution in [0.1, 0.15) is 19.4 Å². The molecule has 0 saturated carbocycles. The van der Waals surface area contributed by atoms with Crippen LogP contribution in [0.15, 0.2) is 29.4 Å². The molecule has 0 unspecified atom stereocenters. The van der Waals surface area contributed by atoms with Gasteiger partial charge in [-0.1, -0.05) is 41.6 Å². The number of rotatable bonds is 6. The maximum absolute atomic E-state index is 11.9. The standard InChI is InChI=1S/C15H20N4OS/c1-4-19(5-2)13(20)10-21-15-16-14(17-18-15)12-8-6-11(3)7-9-12/h6-9H,4-5,10H2,1-3H3,(H,16,17,18). The van der Waals surface area contributed by atoms with Crippen LogP contribution in [0.2, 0.25) is 0 Å². The summed E-state index contributed by atoms with van der Waals surface area (Å²) >= 11 is 1.36. The smallest absolute Gasteiger partial charge is 0.233 e. The van der Waals surface area contributed by atoms with Crippen LogP contribution >= 0.6 is 11.8 Å². The average molecular weight is 304 g/mol. The van der Waals surface area contributed by atoms with Crippen LogP contribution in [0.4, 0.5) is 0 Å². The fourth-order valence-electron chi connectivity index (χ4n) is 1.95. The number of hydrogen-bond donors (Lipinski definition) is 1. The summed E-state index contributed by atoms with van der Waals surface area (Å²) in [6.45, 7) is 7.48. The summed E-state index contributed by atoms with van der Waals surface area (Å²) in [6.07, 6.45) is 0. The molecule has 1 N–H and O–H groups in total. The molecule has 1 amide bonds. The number of aromatic amines is 1. The van der Waals surface area contributed by atoms with Crippen LogP contribution in [0, 0.1) is 6.92 Å². The van der Waals surface area contributed by atoms with Crippen molar-refractivity contribution in [1.29, 1.82) is 0 Å². The van der Waals surface area contributed by atoms with E-state index in [9.17, 15) is 4.79 Å². The predicted octanol–water partition coefficient (Wildman–Crippen LogP) is 2.74. The Bertz CT molecular complexity index is 590. The summed E-state index contributed by atoms with van der Waals surface area (Å²) in [5, 5.41) is 7.67. The number of aromatic nitrogens is 3. The van der Waals surface area contributed by atoms with Gasteiger partial charge in [0.15, 0.2) is 5.82 Å². The quantitative estimate of drug-likeness (QED) is 0.834. The number of amides is 1. The number of benzene rings is 1. The van der Waals surface area contributed by atoms with Crippen molar-refractivity contribution in [2.45, 2.75) is 25.9 Å². The minimum absolute atomic E-state index is 0.117. The Labute approximate surface area is 129 Å². The largest absolute Gasteiger partial charge is 0.343 e. The summed E-state index contributed by atoms with van der Waals surface area (Å²) < 4.78 is 0. The van der Waals surface area contributed by atoms with E-state index in [1.807, 2.05) is 45.0 Å². The van der Waals surface area contributed by atoms with Crippen molar-refractivity contribution in [3.63, 3.8) is 0 Å². The van der Waals surface area contributed by atoms with Crippen molar-refractivity contribution in [2.24, 2.45) is 0 Å². The van der Waals surface area contributed by atoms with E-state index in [1.165, 1.54) is 17.3 Å². The lowest BCUT2D eigenvalue weighted by Gasteiger charge is -2.17. The van der Waals surface area contributed by atoms with E-state index in [0.29, 0.717) is 10.9 Å². The molecular formula is C15H20N4OS. The first-order chi connectivity index (χ1) is 10.1. The maximum atomic E-state index is 11.9. The van der Waals surface area contributed by atoms with Gasteiger partial charge in [-0.3, -0.25) is 9.89 Å². The Hall–Kier alpha value is -1.82. The van der Waals surface area contributed by atoms with Crippen molar-refractivity contribution in [1.82, 2.24) is 20.1 Å². The second-order valence-corrected chi connectivity index (χ2v) is 5.63. The highest BCUT2D eigenvalue weighted by molar-refractivity contribution is 7.99. The Morgan fingerprint density at radius 2 is 1.90 bits per heavy atom. The van der Waals surface area contributed by atoms with Crippen LogP contribution in [0.3, 0.4) is 0 Å². The molecule has 0 aliphatic heterocycles. The summed E-state index contributed by atoms with van der Waals surface area (Å²) in [4.78, 5) is 18.2. The van der Waals surface area contributed by atoms with Gasteiger partial charge in [0.05, 0.1) is 5.75 Å². The molecule has 0 aliphatic rings. The molecule has 0 bridgehead atoms. The molecule has 2 aromatic rings. The predicted molar refractivity (Wildman–Crippen MR) is 85.2 cm³/mol. The third-order valence-corrected chi connectivity index (χ3v) is 4.06. The molecule has 0 fully saturated rings. The molecular weight excluding hydrogens is 284 g/mol. The van der Waals surface area contributed by atoms with Gasteiger partial charge in [0, 0.05) is 18.7 Å². The van der Waals surface area contributed by atoms with Gasteiger partial charge in [0.2, 0.25) is 11.1 Å². The second-order valence-electron chi connectivity index (χ2n) is 4.69. The number of thioether (sulfide) groups is 1. The molecule has 0 saturated heterocycles. The van der Waals surface area contributed by atoms with E-state index in [-0.39, 0.29) is 5.91 Å². The Morgan fingerprint density at radius 3 is 2.52 bits per heavy atom. The van der Waals surface area contributed by atoms with E-state index in [2.05, 4.69) is 15.2 Å². The molecule has 0 aliphatic carbocycles. The molecule has 1 aromatic carbocycles. The van der Waals surface area contributed by atoms with Crippen molar-refractivity contribution in [3.8, 4) is 11.4 Å². The SMILES string of the molecule is CCN(CC)C(=O)CSc1n[nH]c(-c2ccc(C)cc2)n1. The van der Waals surface area contributed by atoms with E-state index < -0.39 is 0 Å². The van der Waals surface area contributed by atoms with Gasteiger partial charge < -0.3 is 4.90 Å². The van der Waals surface area contributed by atoms with Gasteiger partial charge >= 0.3 is 0 Å². The number of hydrogen-bond acceptors (Lipinski definition) is 4. The summed E-state index contributed by atoms with van der Waals surface area (Å²) in [7, 11) is 0. The van der Waals surface area contributed by atoms with Crippen LogP contribution in [0.25, 0.3) is 11.4 Å². The zero-order valence-electron chi connectivity index (χ0n) is 12.6. The van der Waals surface area contributed by atoms with Gasteiger partial charge in [-0.2, -0.15) is 0 Å². The van der Waals surface area contributed by atoms with Gasteiger partial charge in [-0.15, -0.1) is 5.10 Å². The lowest BCUT2D eigenvalue weighted by molar-refractivity contribution is -0.127. The molecule has 6 heteroatoms. The van der Waals surface area contributed by atoms with Crippen molar-refractivity contribution in [3.05, 3.63) is 29.8 Å². The van der Waals surface area contributed by atoms with Gasteiger partial charge in [0.1, 0.15) is 0 Å². The molecule has 0 radical (unpaired) electrons. The fourth-order valence-corrected chi connectivity index (χ4v) is 2.65. The van der Waals surface area contributed by atoms with Crippen LogP contribution in [0.5, 0.6) is 0 Å². The molecule has 21 heavy (non-hydrogen) atoms. The zero-order chi connectivity index (χ0) is 15.2. The minimum Gasteiger partial charge on any atom is -0.343 e. The molecule has 0 atom stereocenters. The van der Waals surface area contributed by atoms with E-state index >= 15 is 0 Å². The first kappa shape index (κ1) is 15.6. The Morgan fingerprint density at radius 1 is 1.24 bits per heavy atom. The first-order valence-corrected chi connectivity index (χ1v) is 8.02. The topological polar surface area (TPSA) is 61.9 Å². The normalized spacial score (nSPS) is 10.6. The number of carbonyl (C=O) groups excluding carboxylic acids is 1.